The van der Waals surface area contributed by atoms with E-state index in [9.17, 15) is 0 Å². The second kappa shape index (κ2) is 10.0. The lowest BCUT2D eigenvalue weighted by molar-refractivity contribution is 0.147. The molecule has 0 bridgehead atoms. The van der Waals surface area contributed by atoms with Crippen molar-refractivity contribution in [2.45, 2.75) is 27.7 Å². The quantitative estimate of drug-likeness (QED) is 0.700. The van der Waals surface area contributed by atoms with E-state index in [1.165, 1.54) is 13.1 Å². The molecule has 1 heterocycles. The van der Waals surface area contributed by atoms with Crippen LogP contribution in [-0.4, -0.2) is 55.3 Å². The average molecular weight is 251 g/mol. The summed E-state index contributed by atoms with van der Waals surface area (Å²) in [6.07, 6.45) is 1.83. The van der Waals surface area contributed by atoms with Crippen LogP contribution in [-0.2, 0) is 0 Å². The largest absolute Gasteiger partial charge is 0.301 e. The molecule has 0 aliphatic carbocycles. The predicted octanol–water partition coefficient (Wildman–Crippen LogP) is 2.81. The van der Waals surface area contributed by atoms with Gasteiger partial charge in [-0.3, -0.25) is 9.89 Å². The average Bonchev–Trinajstić information content (AvgIpc) is 2.39. The minimum Gasteiger partial charge on any atom is -0.301 e. The monoisotopic (exact) mass is 251 g/mol. The highest BCUT2D eigenvalue weighted by molar-refractivity contribution is 5.78. The molecule has 1 rings (SSSR count). The standard InChI is InChI=1S/C13H23N3.C2H6/c1-5-15-6-8-16(9-7-15)11-13(4)10-14-12(2)3;1-2/h10H,2,4-9,11H2,1,3H3;1-2H3. The summed E-state index contributed by atoms with van der Waals surface area (Å²) in [5.74, 6) is 0. The molecule has 1 fully saturated rings. The molecule has 0 radical (unpaired) electrons. The molecule has 0 aromatic carbocycles. The van der Waals surface area contributed by atoms with E-state index in [-0.39, 0.29) is 0 Å². The van der Waals surface area contributed by atoms with Crippen molar-refractivity contribution in [2.24, 2.45) is 4.99 Å². The predicted molar refractivity (Wildman–Crippen MR) is 82.3 cm³/mol. The third-order valence-corrected chi connectivity index (χ3v) is 2.81. The topological polar surface area (TPSA) is 18.8 Å². The Morgan fingerprint density at radius 3 is 2.06 bits per heavy atom. The third kappa shape index (κ3) is 7.41. The first-order valence-corrected chi connectivity index (χ1v) is 6.94. The van der Waals surface area contributed by atoms with Crippen LogP contribution in [0.2, 0.25) is 0 Å². The number of likely N-dealkylation sites (N-methyl/N-ethyl adjacent to an activating group) is 1. The van der Waals surface area contributed by atoms with Crippen LogP contribution in [0.5, 0.6) is 0 Å². The lowest BCUT2D eigenvalue weighted by atomic mass is 10.2. The fraction of sp³-hybridized carbons (Fsp3) is 0.667. The summed E-state index contributed by atoms with van der Waals surface area (Å²) in [7, 11) is 0. The van der Waals surface area contributed by atoms with Crippen molar-refractivity contribution >= 4 is 6.21 Å². The first-order valence-electron chi connectivity index (χ1n) is 6.94. The highest BCUT2D eigenvalue weighted by Gasteiger charge is 2.15. The first kappa shape index (κ1) is 17.1. The smallest absolute Gasteiger partial charge is 0.0309 e. The van der Waals surface area contributed by atoms with Crippen molar-refractivity contribution in [1.29, 1.82) is 0 Å². The van der Waals surface area contributed by atoms with Crippen LogP contribution in [0, 0.1) is 0 Å². The molecule has 3 heteroatoms. The molecule has 3 nitrogen and oxygen atoms in total. The summed E-state index contributed by atoms with van der Waals surface area (Å²) >= 11 is 0. The van der Waals surface area contributed by atoms with Crippen molar-refractivity contribution in [2.75, 3.05) is 39.3 Å². The Morgan fingerprint density at radius 2 is 1.61 bits per heavy atom. The van der Waals surface area contributed by atoms with Crippen molar-refractivity contribution in [1.82, 2.24) is 9.80 Å². The molecule has 0 aromatic heterocycles. The second-order valence-electron chi connectivity index (χ2n) is 4.36. The van der Waals surface area contributed by atoms with E-state index >= 15 is 0 Å². The molecule has 0 atom stereocenters. The van der Waals surface area contributed by atoms with Crippen molar-refractivity contribution in [3.63, 3.8) is 0 Å². The number of aliphatic imine (C=N–C) groups is 1. The first-order chi connectivity index (χ1) is 8.61. The van der Waals surface area contributed by atoms with Crippen LogP contribution >= 0.6 is 0 Å². The zero-order valence-corrected chi connectivity index (χ0v) is 12.6. The summed E-state index contributed by atoms with van der Waals surface area (Å²) in [6.45, 7) is 22.5. The lowest BCUT2D eigenvalue weighted by Gasteiger charge is -2.33. The van der Waals surface area contributed by atoms with Gasteiger partial charge in [0.05, 0.1) is 0 Å². The Labute approximate surface area is 113 Å². The molecule has 1 saturated heterocycles. The van der Waals surface area contributed by atoms with Gasteiger partial charge in [0, 0.05) is 44.6 Å². The molecule has 0 aromatic rings. The normalized spacial score (nSPS) is 17.3. The Balaban J connectivity index is 0.00000137. The summed E-state index contributed by atoms with van der Waals surface area (Å²) < 4.78 is 0. The Bertz CT molecular complexity index is 273. The summed E-state index contributed by atoms with van der Waals surface area (Å²) in [4.78, 5) is 9.07. The summed E-state index contributed by atoms with van der Waals surface area (Å²) in [6, 6.07) is 0. The van der Waals surface area contributed by atoms with Crippen LogP contribution in [0.25, 0.3) is 0 Å². The molecule has 0 amide bonds. The number of hydrogen-bond acceptors (Lipinski definition) is 3. The fourth-order valence-electron chi connectivity index (χ4n) is 1.79. The van der Waals surface area contributed by atoms with Crippen molar-refractivity contribution in [3.8, 4) is 0 Å². The fourth-order valence-corrected chi connectivity index (χ4v) is 1.79. The minimum atomic E-state index is 0.831. The molecule has 0 unspecified atom stereocenters. The molecular formula is C15H29N3. The van der Waals surface area contributed by atoms with E-state index in [0.29, 0.717) is 0 Å². The molecular weight excluding hydrogens is 222 g/mol. The molecule has 0 N–H and O–H groups in total. The van der Waals surface area contributed by atoms with Gasteiger partial charge in [-0.25, -0.2) is 0 Å². The van der Waals surface area contributed by atoms with E-state index in [1.54, 1.807) is 0 Å². The molecule has 18 heavy (non-hydrogen) atoms. The van der Waals surface area contributed by atoms with Crippen LogP contribution in [0.1, 0.15) is 27.7 Å². The van der Waals surface area contributed by atoms with E-state index < -0.39 is 0 Å². The van der Waals surface area contributed by atoms with Gasteiger partial charge in [0.15, 0.2) is 0 Å². The number of allylic oxidation sites excluding steroid dienone is 1. The number of nitrogens with zero attached hydrogens (tertiary/aromatic N) is 3. The maximum absolute atomic E-state index is 4.17. The zero-order chi connectivity index (χ0) is 14.0. The van der Waals surface area contributed by atoms with Crippen LogP contribution < -0.4 is 0 Å². The van der Waals surface area contributed by atoms with Crippen LogP contribution in [0.15, 0.2) is 29.4 Å². The molecule has 104 valence electrons. The van der Waals surface area contributed by atoms with Gasteiger partial charge in [0.25, 0.3) is 0 Å². The number of piperazine rings is 1. The molecule has 0 spiro atoms. The van der Waals surface area contributed by atoms with E-state index in [4.69, 9.17) is 0 Å². The van der Waals surface area contributed by atoms with Crippen molar-refractivity contribution < 1.29 is 0 Å². The number of hydrogen-bond donors (Lipinski definition) is 0. The summed E-state index contributed by atoms with van der Waals surface area (Å²) in [5.41, 5.74) is 1.89. The highest BCUT2D eigenvalue weighted by atomic mass is 15.3. The summed E-state index contributed by atoms with van der Waals surface area (Å²) in [5, 5.41) is 0. The third-order valence-electron chi connectivity index (χ3n) is 2.81. The zero-order valence-electron chi connectivity index (χ0n) is 12.6. The van der Waals surface area contributed by atoms with E-state index in [1.807, 2.05) is 27.0 Å². The van der Waals surface area contributed by atoms with Gasteiger partial charge in [-0.1, -0.05) is 33.9 Å². The maximum atomic E-state index is 4.17. The second-order valence-corrected chi connectivity index (χ2v) is 4.36. The molecule has 0 saturated carbocycles. The van der Waals surface area contributed by atoms with Crippen LogP contribution in [0.3, 0.4) is 0 Å². The lowest BCUT2D eigenvalue weighted by Crippen LogP contribution is -2.46. The Hall–Kier alpha value is -0.930. The SMILES string of the molecule is C=C(C=NC(=C)C)CN1CCN(CC)CC1.CC. The van der Waals surface area contributed by atoms with Gasteiger partial charge in [0.1, 0.15) is 0 Å². The molecule has 1 aliphatic rings. The maximum Gasteiger partial charge on any atom is 0.0309 e. The van der Waals surface area contributed by atoms with E-state index in [2.05, 4.69) is 34.9 Å². The van der Waals surface area contributed by atoms with Crippen LogP contribution in [0.4, 0.5) is 0 Å². The van der Waals surface area contributed by atoms with Crippen molar-refractivity contribution in [3.05, 3.63) is 24.4 Å². The Kier molecular flexibility index (Phi) is 9.52. The van der Waals surface area contributed by atoms with Gasteiger partial charge >= 0.3 is 0 Å². The van der Waals surface area contributed by atoms with Gasteiger partial charge in [-0.2, -0.15) is 0 Å². The molecule has 1 aliphatic heterocycles. The van der Waals surface area contributed by atoms with Gasteiger partial charge in [0.2, 0.25) is 0 Å². The highest BCUT2D eigenvalue weighted by Crippen LogP contribution is 2.03. The van der Waals surface area contributed by atoms with Gasteiger partial charge in [-0.05, 0) is 19.0 Å². The number of rotatable bonds is 5. The minimum absolute atomic E-state index is 0.831. The Morgan fingerprint density at radius 1 is 1.11 bits per heavy atom. The van der Waals surface area contributed by atoms with E-state index in [0.717, 1.165) is 37.4 Å². The van der Waals surface area contributed by atoms with Gasteiger partial charge in [-0.15, -0.1) is 0 Å². The van der Waals surface area contributed by atoms with Gasteiger partial charge < -0.3 is 4.90 Å².